The summed E-state index contributed by atoms with van der Waals surface area (Å²) in [7, 11) is 1.84. The number of aromatic nitrogens is 2. The first kappa shape index (κ1) is 19.6. The van der Waals surface area contributed by atoms with Gasteiger partial charge in [-0.2, -0.15) is 0 Å². The van der Waals surface area contributed by atoms with Gasteiger partial charge in [0.05, 0.1) is 6.61 Å². The van der Waals surface area contributed by atoms with Gasteiger partial charge < -0.3 is 14.6 Å². The molecule has 146 valence electrons. The van der Waals surface area contributed by atoms with E-state index in [1.165, 1.54) is 12.1 Å². The second-order valence-corrected chi connectivity index (χ2v) is 6.67. The van der Waals surface area contributed by atoms with Crippen LogP contribution < -0.4 is 10.1 Å². The second-order valence-electron chi connectivity index (χ2n) is 6.67. The van der Waals surface area contributed by atoms with Crippen LogP contribution in [0.3, 0.4) is 0 Å². The largest absolute Gasteiger partial charge is 0.493 e. The third kappa shape index (κ3) is 4.97. The smallest absolute Gasteiger partial charge is 0.220 e. The standard InChI is InChI=1S/C22H24FN3O2/c1-16-7-3-4-10-19(16)28-14-6-11-20(27)25-21(22-24-12-13-26(22)2)17-8-5-9-18(23)15-17/h3-5,7-10,12-13,15,21H,6,11,14H2,1-2H3,(H,25,27). The van der Waals surface area contributed by atoms with E-state index in [1.54, 1.807) is 24.5 Å². The van der Waals surface area contributed by atoms with E-state index in [4.69, 9.17) is 4.74 Å². The fourth-order valence-electron chi connectivity index (χ4n) is 3.00. The third-order valence-corrected chi connectivity index (χ3v) is 4.50. The quantitative estimate of drug-likeness (QED) is 0.602. The molecule has 2 aromatic carbocycles. The molecule has 0 aliphatic carbocycles. The molecule has 3 rings (SSSR count). The molecule has 1 aromatic heterocycles. The van der Waals surface area contributed by atoms with Gasteiger partial charge in [-0.15, -0.1) is 0 Å². The van der Waals surface area contributed by atoms with E-state index in [1.807, 2.05) is 42.8 Å². The van der Waals surface area contributed by atoms with Gasteiger partial charge in [0.1, 0.15) is 23.4 Å². The molecule has 6 heteroatoms. The second kappa shape index (κ2) is 9.17. The van der Waals surface area contributed by atoms with Gasteiger partial charge in [-0.1, -0.05) is 30.3 Å². The minimum atomic E-state index is -0.513. The predicted octanol–water partition coefficient (Wildman–Crippen LogP) is 3.93. The molecule has 1 N–H and O–H groups in total. The molecule has 0 bridgehead atoms. The molecule has 0 fully saturated rings. The van der Waals surface area contributed by atoms with Gasteiger partial charge in [-0.05, 0) is 42.7 Å². The fraction of sp³-hybridized carbons (Fsp3) is 0.273. The van der Waals surface area contributed by atoms with E-state index in [2.05, 4.69) is 10.3 Å². The van der Waals surface area contributed by atoms with Crippen molar-refractivity contribution >= 4 is 5.91 Å². The van der Waals surface area contributed by atoms with Crippen LogP contribution in [0, 0.1) is 12.7 Å². The summed E-state index contributed by atoms with van der Waals surface area (Å²) in [5.74, 6) is 0.993. The highest BCUT2D eigenvalue weighted by atomic mass is 19.1. The van der Waals surface area contributed by atoms with Gasteiger partial charge in [0.15, 0.2) is 0 Å². The van der Waals surface area contributed by atoms with Crippen molar-refractivity contribution in [3.63, 3.8) is 0 Å². The minimum absolute atomic E-state index is 0.134. The zero-order valence-corrected chi connectivity index (χ0v) is 16.1. The van der Waals surface area contributed by atoms with Gasteiger partial charge in [0, 0.05) is 25.9 Å². The highest BCUT2D eigenvalue weighted by molar-refractivity contribution is 5.76. The molecule has 0 radical (unpaired) electrons. The zero-order chi connectivity index (χ0) is 19.9. The SMILES string of the molecule is Cc1ccccc1OCCCC(=O)NC(c1cccc(F)c1)c1nccn1C. The van der Waals surface area contributed by atoms with E-state index >= 15 is 0 Å². The van der Waals surface area contributed by atoms with E-state index < -0.39 is 6.04 Å². The lowest BCUT2D eigenvalue weighted by molar-refractivity contribution is -0.121. The fourth-order valence-corrected chi connectivity index (χ4v) is 3.00. The van der Waals surface area contributed by atoms with Crippen molar-refractivity contribution in [3.8, 4) is 5.75 Å². The van der Waals surface area contributed by atoms with E-state index in [9.17, 15) is 9.18 Å². The monoisotopic (exact) mass is 381 g/mol. The van der Waals surface area contributed by atoms with Crippen LogP contribution in [0.4, 0.5) is 4.39 Å². The first-order chi connectivity index (χ1) is 13.5. The van der Waals surface area contributed by atoms with E-state index in [0.717, 1.165) is 11.3 Å². The van der Waals surface area contributed by atoms with Crippen molar-refractivity contribution in [2.24, 2.45) is 7.05 Å². The number of hydrogen-bond donors (Lipinski definition) is 1. The van der Waals surface area contributed by atoms with Gasteiger partial charge in [0.2, 0.25) is 5.91 Å². The number of imidazole rings is 1. The molecule has 1 amide bonds. The summed E-state index contributed by atoms with van der Waals surface area (Å²) in [6.45, 7) is 2.43. The Hall–Kier alpha value is -3.15. The lowest BCUT2D eigenvalue weighted by Gasteiger charge is -2.19. The molecule has 5 nitrogen and oxygen atoms in total. The van der Waals surface area contributed by atoms with Crippen molar-refractivity contribution in [1.82, 2.24) is 14.9 Å². The first-order valence-electron chi connectivity index (χ1n) is 9.25. The predicted molar refractivity (Wildman–Crippen MR) is 106 cm³/mol. The van der Waals surface area contributed by atoms with Crippen LogP contribution in [0.1, 0.15) is 35.8 Å². The summed E-state index contributed by atoms with van der Waals surface area (Å²) in [4.78, 5) is 16.8. The zero-order valence-electron chi connectivity index (χ0n) is 16.1. The molecule has 0 aliphatic rings. The summed E-state index contributed by atoms with van der Waals surface area (Å²) < 4.78 is 21.2. The van der Waals surface area contributed by atoms with Gasteiger partial charge in [0.25, 0.3) is 0 Å². The highest BCUT2D eigenvalue weighted by Crippen LogP contribution is 2.21. The molecule has 1 atom stereocenters. The van der Waals surface area contributed by atoms with Crippen molar-refractivity contribution in [1.29, 1.82) is 0 Å². The van der Waals surface area contributed by atoms with Crippen LogP contribution in [0.15, 0.2) is 60.9 Å². The van der Waals surface area contributed by atoms with Gasteiger partial charge in [-0.3, -0.25) is 4.79 Å². The lowest BCUT2D eigenvalue weighted by Crippen LogP contribution is -2.31. The number of nitrogens with one attached hydrogen (secondary N) is 1. The van der Waals surface area contributed by atoms with Crippen molar-refractivity contribution in [2.45, 2.75) is 25.8 Å². The van der Waals surface area contributed by atoms with Crippen LogP contribution in [-0.2, 0) is 11.8 Å². The van der Waals surface area contributed by atoms with Crippen LogP contribution in [0.25, 0.3) is 0 Å². The Morgan fingerprint density at radius 1 is 1.25 bits per heavy atom. The maximum atomic E-state index is 13.7. The topological polar surface area (TPSA) is 56.1 Å². The van der Waals surface area contributed by atoms with Gasteiger partial charge >= 0.3 is 0 Å². The number of rotatable bonds is 8. The highest BCUT2D eigenvalue weighted by Gasteiger charge is 2.21. The van der Waals surface area contributed by atoms with Crippen molar-refractivity contribution in [2.75, 3.05) is 6.61 Å². The Bertz CT molecular complexity index is 939. The normalized spacial score (nSPS) is 11.8. The summed E-state index contributed by atoms with van der Waals surface area (Å²) in [5, 5.41) is 2.97. The number of hydrogen-bond acceptors (Lipinski definition) is 3. The molecule has 1 heterocycles. The number of aryl methyl sites for hydroxylation is 2. The molecule has 3 aromatic rings. The number of halogens is 1. The Balaban J connectivity index is 1.60. The Morgan fingerprint density at radius 2 is 2.07 bits per heavy atom. The molecule has 0 saturated heterocycles. The van der Waals surface area contributed by atoms with E-state index in [-0.39, 0.29) is 11.7 Å². The average Bonchev–Trinajstić information content (AvgIpc) is 3.10. The van der Waals surface area contributed by atoms with Crippen molar-refractivity contribution in [3.05, 3.63) is 83.7 Å². The number of benzene rings is 2. The Morgan fingerprint density at radius 3 is 2.79 bits per heavy atom. The van der Waals surface area contributed by atoms with E-state index in [0.29, 0.717) is 30.8 Å². The van der Waals surface area contributed by atoms with Crippen molar-refractivity contribution < 1.29 is 13.9 Å². The Labute approximate surface area is 164 Å². The van der Waals surface area contributed by atoms with Crippen LogP contribution in [0.5, 0.6) is 5.75 Å². The maximum Gasteiger partial charge on any atom is 0.220 e. The summed E-state index contributed by atoms with van der Waals surface area (Å²) in [6, 6.07) is 13.5. The molecule has 0 spiro atoms. The summed E-state index contributed by atoms with van der Waals surface area (Å²) in [6.07, 6.45) is 4.34. The van der Waals surface area contributed by atoms with Crippen LogP contribution >= 0.6 is 0 Å². The lowest BCUT2D eigenvalue weighted by atomic mass is 10.1. The molecule has 28 heavy (non-hydrogen) atoms. The minimum Gasteiger partial charge on any atom is -0.493 e. The van der Waals surface area contributed by atoms with Crippen LogP contribution in [0.2, 0.25) is 0 Å². The van der Waals surface area contributed by atoms with Gasteiger partial charge in [-0.25, -0.2) is 9.37 Å². The first-order valence-corrected chi connectivity index (χ1v) is 9.25. The molecule has 1 unspecified atom stereocenters. The maximum absolute atomic E-state index is 13.7. The summed E-state index contributed by atoms with van der Waals surface area (Å²) >= 11 is 0. The Kier molecular flexibility index (Phi) is 6.42. The molecular formula is C22H24FN3O2. The molecule has 0 aliphatic heterocycles. The summed E-state index contributed by atoms with van der Waals surface area (Å²) in [5.41, 5.74) is 1.71. The number of carbonyl (C=O) groups excluding carboxylic acids is 1. The number of nitrogens with zero attached hydrogens (tertiary/aromatic N) is 2. The number of carbonyl (C=O) groups is 1. The third-order valence-electron chi connectivity index (χ3n) is 4.50. The number of amides is 1. The van der Waals surface area contributed by atoms with Crippen LogP contribution in [-0.4, -0.2) is 22.1 Å². The molecule has 0 saturated carbocycles. The number of para-hydroxylation sites is 1. The molecular weight excluding hydrogens is 357 g/mol. The average molecular weight is 381 g/mol. The number of ether oxygens (including phenoxy) is 1.